The minimum absolute atomic E-state index is 0.277. The van der Waals surface area contributed by atoms with E-state index in [9.17, 15) is 9.59 Å². The van der Waals surface area contributed by atoms with Gasteiger partial charge in [-0.25, -0.2) is 9.78 Å². The molecule has 7 heteroatoms. The van der Waals surface area contributed by atoms with E-state index < -0.39 is 11.2 Å². The maximum Gasteiger partial charge on any atom is 0.327 e. The lowest BCUT2D eigenvalue weighted by molar-refractivity contribution is 0.0112. The zero-order valence-electron chi connectivity index (χ0n) is 10.5. The van der Waals surface area contributed by atoms with Crippen molar-refractivity contribution in [3.63, 3.8) is 0 Å². The Balaban J connectivity index is 1.76. The zero-order valence-corrected chi connectivity index (χ0v) is 10.5. The highest BCUT2D eigenvalue weighted by Crippen LogP contribution is 2.17. The van der Waals surface area contributed by atoms with Crippen LogP contribution in [-0.4, -0.2) is 32.6 Å². The number of aryl methyl sites for hydroxylation is 1. The molecule has 0 aliphatic carbocycles. The van der Waals surface area contributed by atoms with Crippen molar-refractivity contribution in [2.24, 2.45) is 0 Å². The van der Waals surface area contributed by atoms with Crippen LogP contribution >= 0.6 is 0 Å². The molecule has 1 saturated heterocycles. The molecule has 0 spiro atoms. The Labute approximate surface area is 108 Å². The van der Waals surface area contributed by atoms with E-state index in [4.69, 9.17) is 4.74 Å². The minimum atomic E-state index is -0.536. The summed E-state index contributed by atoms with van der Waals surface area (Å²) >= 11 is 0. The number of fused-ring (bicyclic) bond motifs is 1. The normalized spacial score (nSPS) is 19.9. The fourth-order valence-corrected chi connectivity index (χ4v) is 2.43. The average molecular weight is 264 g/mol. The second-order valence-electron chi connectivity index (χ2n) is 4.84. The van der Waals surface area contributed by atoms with Crippen molar-refractivity contribution in [3.8, 4) is 0 Å². The summed E-state index contributed by atoms with van der Waals surface area (Å²) in [6.45, 7) is 0.831. The van der Waals surface area contributed by atoms with E-state index in [1.807, 2.05) is 0 Å². The molecule has 2 aromatic rings. The van der Waals surface area contributed by atoms with Crippen LogP contribution in [0.5, 0.6) is 0 Å². The number of hydrogen-bond acceptors (Lipinski definition) is 4. The van der Waals surface area contributed by atoms with Crippen LogP contribution < -0.4 is 11.2 Å². The summed E-state index contributed by atoms with van der Waals surface area (Å²) in [5, 5.41) is 0. The molecule has 0 saturated carbocycles. The number of nitrogens with one attached hydrogen (secondary N) is 3. The first kappa shape index (κ1) is 12.2. The fourth-order valence-electron chi connectivity index (χ4n) is 2.43. The molecule has 2 aromatic heterocycles. The second kappa shape index (κ2) is 5.00. The predicted molar refractivity (Wildman–Crippen MR) is 69.2 cm³/mol. The molecule has 0 radical (unpaired) electrons. The topological polar surface area (TPSA) is 104 Å². The third-order valence-corrected chi connectivity index (χ3v) is 3.42. The summed E-state index contributed by atoms with van der Waals surface area (Å²) in [5.74, 6) is 0.705. The Morgan fingerprint density at radius 3 is 2.89 bits per heavy atom. The van der Waals surface area contributed by atoms with Gasteiger partial charge in [0.2, 0.25) is 0 Å². The molecule has 1 unspecified atom stereocenters. The summed E-state index contributed by atoms with van der Waals surface area (Å²) in [6.07, 6.45) is 5.29. The first-order chi connectivity index (χ1) is 9.22. The van der Waals surface area contributed by atoms with Crippen molar-refractivity contribution < 1.29 is 4.74 Å². The molecule has 3 N–H and O–H groups in total. The van der Waals surface area contributed by atoms with Gasteiger partial charge in [-0.3, -0.25) is 14.8 Å². The smallest absolute Gasteiger partial charge is 0.327 e. The molecular weight excluding hydrogens is 248 g/mol. The summed E-state index contributed by atoms with van der Waals surface area (Å²) in [4.78, 5) is 34.5. The molecule has 19 heavy (non-hydrogen) atoms. The van der Waals surface area contributed by atoms with Crippen LogP contribution in [0, 0.1) is 0 Å². The van der Waals surface area contributed by atoms with Crippen LogP contribution in [0.3, 0.4) is 0 Å². The van der Waals surface area contributed by atoms with E-state index in [0.717, 1.165) is 25.9 Å². The Morgan fingerprint density at radius 1 is 1.21 bits per heavy atom. The molecule has 102 valence electrons. The van der Waals surface area contributed by atoms with Gasteiger partial charge in [-0.15, -0.1) is 0 Å². The summed E-state index contributed by atoms with van der Waals surface area (Å²) < 4.78 is 5.65. The van der Waals surface area contributed by atoms with E-state index in [0.29, 0.717) is 23.4 Å². The van der Waals surface area contributed by atoms with Gasteiger partial charge in [0.05, 0.1) is 6.10 Å². The number of H-pyrrole nitrogens is 3. The lowest BCUT2D eigenvalue weighted by Crippen LogP contribution is -2.21. The van der Waals surface area contributed by atoms with Crippen LogP contribution in [0.2, 0.25) is 0 Å². The van der Waals surface area contributed by atoms with E-state index in [1.165, 1.54) is 6.42 Å². The van der Waals surface area contributed by atoms with Crippen molar-refractivity contribution in [1.82, 2.24) is 19.9 Å². The van der Waals surface area contributed by atoms with Gasteiger partial charge in [0.15, 0.2) is 5.65 Å². The van der Waals surface area contributed by atoms with Crippen molar-refractivity contribution >= 4 is 11.2 Å². The van der Waals surface area contributed by atoms with Crippen LogP contribution in [-0.2, 0) is 11.2 Å². The fraction of sp³-hybridized carbons (Fsp3) is 0.583. The summed E-state index contributed by atoms with van der Waals surface area (Å²) in [7, 11) is 0. The van der Waals surface area contributed by atoms with Gasteiger partial charge in [0.1, 0.15) is 11.3 Å². The quantitative estimate of drug-likeness (QED) is 0.748. The number of rotatable bonds is 3. The minimum Gasteiger partial charge on any atom is -0.378 e. The number of hydrogen-bond donors (Lipinski definition) is 3. The number of imidazole rings is 1. The van der Waals surface area contributed by atoms with Crippen molar-refractivity contribution in [1.29, 1.82) is 0 Å². The molecule has 0 aromatic carbocycles. The molecule has 0 amide bonds. The highest BCUT2D eigenvalue weighted by atomic mass is 16.5. The van der Waals surface area contributed by atoms with Crippen LogP contribution in [0.15, 0.2) is 9.59 Å². The van der Waals surface area contributed by atoms with Gasteiger partial charge < -0.3 is 9.72 Å². The van der Waals surface area contributed by atoms with Crippen molar-refractivity contribution in [2.45, 2.75) is 38.2 Å². The third kappa shape index (κ3) is 2.60. The van der Waals surface area contributed by atoms with Crippen LogP contribution in [0.4, 0.5) is 0 Å². The van der Waals surface area contributed by atoms with Gasteiger partial charge in [0, 0.05) is 13.0 Å². The second-order valence-corrected chi connectivity index (χ2v) is 4.84. The van der Waals surface area contributed by atoms with E-state index in [1.54, 1.807) is 0 Å². The molecule has 1 aliphatic heterocycles. The van der Waals surface area contributed by atoms with Crippen LogP contribution in [0.25, 0.3) is 11.2 Å². The number of nitrogens with zero attached hydrogens (tertiary/aromatic N) is 1. The number of aromatic nitrogens is 4. The molecule has 1 aliphatic rings. The average Bonchev–Trinajstić information content (AvgIpc) is 2.81. The SMILES string of the molecule is O=c1[nH]c(=O)c2[nH]c(CCC3CCCCO3)nc2[nH]1. The van der Waals surface area contributed by atoms with Crippen LogP contribution in [0.1, 0.15) is 31.5 Å². The first-order valence-corrected chi connectivity index (χ1v) is 6.55. The Kier molecular flexibility index (Phi) is 3.20. The highest BCUT2D eigenvalue weighted by molar-refractivity contribution is 5.68. The number of ether oxygens (including phenoxy) is 1. The molecule has 3 heterocycles. The highest BCUT2D eigenvalue weighted by Gasteiger charge is 2.15. The lowest BCUT2D eigenvalue weighted by Gasteiger charge is -2.21. The van der Waals surface area contributed by atoms with E-state index >= 15 is 0 Å². The van der Waals surface area contributed by atoms with E-state index in [-0.39, 0.29) is 6.10 Å². The molecular formula is C12H16N4O3. The molecule has 3 rings (SSSR count). The van der Waals surface area contributed by atoms with Crippen molar-refractivity contribution in [2.75, 3.05) is 6.61 Å². The zero-order chi connectivity index (χ0) is 13.2. The Hall–Kier alpha value is -1.89. The molecule has 7 nitrogen and oxygen atoms in total. The summed E-state index contributed by atoms with van der Waals surface area (Å²) in [6, 6.07) is 0. The van der Waals surface area contributed by atoms with E-state index in [2.05, 4.69) is 19.9 Å². The van der Waals surface area contributed by atoms with Gasteiger partial charge in [-0.2, -0.15) is 0 Å². The lowest BCUT2D eigenvalue weighted by atomic mass is 10.0. The summed E-state index contributed by atoms with van der Waals surface area (Å²) in [5.41, 5.74) is -0.343. The maximum atomic E-state index is 11.5. The van der Waals surface area contributed by atoms with Gasteiger partial charge >= 0.3 is 5.69 Å². The maximum absolute atomic E-state index is 11.5. The molecule has 0 bridgehead atoms. The third-order valence-electron chi connectivity index (χ3n) is 3.42. The largest absolute Gasteiger partial charge is 0.378 e. The monoisotopic (exact) mass is 264 g/mol. The van der Waals surface area contributed by atoms with Gasteiger partial charge in [-0.05, 0) is 25.7 Å². The molecule has 1 fully saturated rings. The Bertz CT molecular complexity index is 678. The van der Waals surface area contributed by atoms with Gasteiger partial charge in [0.25, 0.3) is 5.56 Å². The Morgan fingerprint density at radius 2 is 2.11 bits per heavy atom. The predicted octanol–water partition coefficient (Wildman–Crippen LogP) is 0.441. The van der Waals surface area contributed by atoms with Crippen molar-refractivity contribution in [3.05, 3.63) is 26.7 Å². The molecule has 1 atom stereocenters. The van der Waals surface area contributed by atoms with Gasteiger partial charge in [-0.1, -0.05) is 0 Å². The standard InChI is InChI=1S/C12H16N4O3/c17-11-9-10(15-12(18)16-11)14-8(13-9)5-4-7-3-1-2-6-19-7/h7H,1-6H2,(H3,13,14,15,16,17,18). The first-order valence-electron chi connectivity index (χ1n) is 6.55. The number of aromatic amines is 3.